The van der Waals surface area contributed by atoms with E-state index in [1.165, 1.54) is 5.56 Å². The molecule has 0 fully saturated rings. The third kappa shape index (κ3) is 3.96. The molecule has 0 spiro atoms. The van der Waals surface area contributed by atoms with Gasteiger partial charge in [-0.15, -0.1) is 0 Å². The molecule has 136 valence electrons. The van der Waals surface area contributed by atoms with E-state index in [-0.39, 0.29) is 5.56 Å². The van der Waals surface area contributed by atoms with Crippen LogP contribution in [0.3, 0.4) is 0 Å². The van der Waals surface area contributed by atoms with Crippen LogP contribution in [0.1, 0.15) is 24.5 Å². The average molecular weight is 433 g/mol. The van der Waals surface area contributed by atoms with Crippen LogP contribution in [-0.2, 0) is 12.3 Å². The molecule has 0 bridgehead atoms. The molecule has 0 aliphatic heterocycles. The van der Waals surface area contributed by atoms with Crippen LogP contribution in [0.15, 0.2) is 50.8 Å². The lowest BCUT2D eigenvalue weighted by Crippen LogP contribution is -2.23. The van der Waals surface area contributed by atoms with Crippen LogP contribution in [0.4, 0.5) is 0 Å². The third-order valence-electron chi connectivity index (χ3n) is 4.12. The maximum atomic E-state index is 12.9. The topological polar surface area (TPSA) is 44.1 Å². The first-order chi connectivity index (χ1) is 12.5. The zero-order valence-corrected chi connectivity index (χ0v) is 17.5. The summed E-state index contributed by atoms with van der Waals surface area (Å²) in [4.78, 5) is 17.7. The number of ether oxygens (including phenoxy) is 1. The van der Waals surface area contributed by atoms with E-state index in [9.17, 15) is 4.79 Å². The Hall–Kier alpha value is -1.79. The van der Waals surface area contributed by atoms with Gasteiger partial charge in [-0.2, -0.15) is 0 Å². The van der Waals surface area contributed by atoms with E-state index in [2.05, 4.69) is 35.8 Å². The molecule has 0 aliphatic rings. The number of thioether (sulfide) groups is 1. The van der Waals surface area contributed by atoms with Crippen LogP contribution in [0.25, 0.3) is 10.9 Å². The molecular formula is C20H21BrN2O2S. The van der Waals surface area contributed by atoms with Crippen molar-refractivity contribution in [1.29, 1.82) is 0 Å². The van der Waals surface area contributed by atoms with Gasteiger partial charge in [0.05, 0.1) is 18.0 Å². The van der Waals surface area contributed by atoms with Gasteiger partial charge in [0.15, 0.2) is 5.16 Å². The molecule has 0 atom stereocenters. The second-order valence-electron chi connectivity index (χ2n) is 6.12. The molecule has 1 heterocycles. The Morgan fingerprint density at radius 3 is 2.77 bits per heavy atom. The van der Waals surface area contributed by atoms with Crippen molar-refractivity contribution in [2.45, 2.75) is 37.7 Å². The van der Waals surface area contributed by atoms with Gasteiger partial charge in [0.25, 0.3) is 5.56 Å². The number of nitrogens with zero attached hydrogens (tertiary/aromatic N) is 2. The van der Waals surface area contributed by atoms with Crippen LogP contribution < -0.4 is 10.3 Å². The Morgan fingerprint density at radius 2 is 2.04 bits per heavy atom. The summed E-state index contributed by atoms with van der Waals surface area (Å²) in [5.41, 5.74) is 3.02. The molecule has 0 unspecified atom stereocenters. The molecule has 1 aromatic heterocycles. The van der Waals surface area contributed by atoms with E-state index in [1.54, 1.807) is 23.4 Å². The third-order valence-corrected chi connectivity index (χ3v) is 5.64. The fraction of sp³-hybridized carbons (Fsp3) is 0.300. The van der Waals surface area contributed by atoms with Crippen LogP contribution >= 0.6 is 27.7 Å². The van der Waals surface area contributed by atoms with E-state index < -0.39 is 0 Å². The van der Waals surface area contributed by atoms with Crippen molar-refractivity contribution < 1.29 is 4.74 Å². The van der Waals surface area contributed by atoms with E-state index >= 15 is 0 Å². The molecule has 0 aliphatic carbocycles. The van der Waals surface area contributed by atoms with E-state index in [0.717, 1.165) is 32.9 Å². The van der Waals surface area contributed by atoms with Gasteiger partial charge in [-0.25, -0.2) is 4.98 Å². The molecule has 0 radical (unpaired) electrons. The summed E-state index contributed by atoms with van der Waals surface area (Å²) in [7, 11) is 1.68. The van der Waals surface area contributed by atoms with Crippen molar-refractivity contribution in [3.8, 4) is 5.75 Å². The number of aromatic nitrogens is 2. The molecule has 0 amide bonds. The highest BCUT2D eigenvalue weighted by Gasteiger charge is 2.13. The number of aryl methyl sites for hydroxylation is 1. The van der Waals surface area contributed by atoms with Gasteiger partial charge in [-0.05, 0) is 37.6 Å². The zero-order valence-electron chi connectivity index (χ0n) is 15.1. The molecular weight excluding hydrogens is 412 g/mol. The SMILES string of the molecule is CCCn1c(SCc2cc(C)ccc2OC)nc2ccc(Br)cc2c1=O. The highest BCUT2D eigenvalue weighted by Crippen LogP contribution is 2.28. The number of rotatable bonds is 6. The van der Waals surface area contributed by atoms with E-state index in [4.69, 9.17) is 9.72 Å². The van der Waals surface area contributed by atoms with Gasteiger partial charge in [0.2, 0.25) is 0 Å². The maximum Gasteiger partial charge on any atom is 0.262 e. The molecule has 6 heteroatoms. The zero-order chi connectivity index (χ0) is 18.7. The van der Waals surface area contributed by atoms with Crippen molar-refractivity contribution in [3.05, 3.63) is 62.4 Å². The number of methoxy groups -OCH3 is 1. The molecule has 0 N–H and O–H groups in total. The standard InChI is InChI=1S/C20H21BrN2O2S/c1-4-9-23-19(24)16-11-15(21)6-7-17(16)22-20(23)26-12-14-10-13(2)5-8-18(14)25-3/h5-8,10-11H,4,9,12H2,1-3H3. The average Bonchev–Trinajstić information content (AvgIpc) is 2.63. The lowest BCUT2D eigenvalue weighted by molar-refractivity contribution is 0.411. The van der Waals surface area contributed by atoms with Crippen molar-refractivity contribution in [3.63, 3.8) is 0 Å². The normalized spacial score (nSPS) is 11.1. The molecule has 4 nitrogen and oxygen atoms in total. The van der Waals surface area contributed by atoms with E-state index in [1.807, 2.05) is 30.3 Å². The lowest BCUT2D eigenvalue weighted by atomic mass is 10.1. The highest BCUT2D eigenvalue weighted by atomic mass is 79.9. The molecule has 0 saturated carbocycles. The fourth-order valence-corrected chi connectivity index (χ4v) is 4.23. The quantitative estimate of drug-likeness (QED) is 0.397. The Bertz CT molecular complexity index is 1000. The number of halogens is 1. The Morgan fingerprint density at radius 1 is 1.23 bits per heavy atom. The first-order valence-electron chi connectivity index (χ1n) is 8.50. The Labute approximate surface area is 165 Å². The summed E-state index contributed by atoms with van der Waals surface area (Å²) in [6.45, 7) is 4.78. The minimum absolute atomic E-state index is 0.0110. The smallest absolute Gasteiger partial charge is 0.262 e. The Kier molecular flexibility index (Phi) is 6.04. The van der Waals surface area contributed by atoms with Crippen LogP contribution in [0.2, 0.25) is 0 Å². The van der Waals surface area contributed by atoms with Gasteiger partial charge in [-0.1, -0.05) is 52.3 Å². The van der Waals surface area contributed by atoms with Gasteiger partial charge < -0.3 is 4.74 Å². The summed E-state index contributed by atoms with van der Waals surface area (Å²) < 4.78 is 8.13. The highest BCUT2D eigenvalue weighted by molar-refractivity contribution is 9.10. The second kappa shape index (κ2) is 8.27. The van der Waals surface area contributed by atoms with Crippen molar-refractivity contribution in [1.82, 2.24) is 9.55 Å². The van der Waals surface area contributed by atoms with Crippen LogP contribution in [0, 0.1) is 6.92 Å². The minimum Gasteiger partial charge on any atom is -0.496 e. The molecule has 3 aromatic rings. The first kappa shape index (κ1) is 19.0. The number of benzene rings is 2. The van der Waals surface area contributed by atoms with Crippen molar-refractivity contribution in [2.75, 3.05) is 7.11 Å². The van der Waals surface area contributed by atoms with Gasteiger partial charge >= 0.3 is 0 Å². The predicted molar refractivity (Wildman–Crippen MR) is 111 cm³/mol. The summed E-state index contributed by atoms with van der Waals surface area (Å²) in [5.74, 6) is 1.56. The predicted octanol–water partition coefficient (Wildman–Crippen LogP) is 5.18. The molecule has 26 heavy (non-hydrogen) atoms. The number of hydrogen-bond acceptors (Lipinski definition) is 4. The number of hydrogen-bond donors (Lipinski definition) is 0. The molecule has 0 saturated heterocycles. The monoisotopic (exact) mass is 432 g/mol. The van der Waals surface area contributed by atoms with Gasteiger partial charge in [-0.3, -0.25) is 9.36 Å². The van der Waals surface area contributed by atoms with Crippen LogP contribution in [-0.4, -0.2) is 16.7 Å². The minimum atomic E-state index is 0.0110. The van der Waals surface area contributed by atoms with E-state index in [0.29, 0.717) is 17.7 Å². The Balaban J connectivity index is 2.02. The second-order valence-corrected chi connectivity index (χ2v) is 7.97. The van der Waals surface area contributed by atoms with Gasteiger partial charge in [0.1, 0.15) is 5.75 Å². The maximum absolute atomic E-state index is 12.9. The largest absolute Gasteiger partial charge is 0.496 e. The summed E-state index contributed by atoms with van der Waals surface area (Å²) in [5, 5.41) is 1.39. The molecule has 2 aromatic carbocycles. The summed E-state index contributed by atoms with van der Waals surface area (Å²) >= 11 is 5.01. The lowest BCUT2D eigenvalue weighted by Gasteiger charge is -2.14. The fourth-order valence-electron chi connectivity index (χ4n) is 2.87. The van der Waals surface area contributed by atoms with Crippen molar-refractivity contribution >= 4 is 38.6 Å². The number of fused-ring (bicyclic) bond motifs is 1. The summed E-state index contributed by atoms with van der Waals surface area (Å²) in [6, 6.07) is 11.8. The first-order valence-corrected chi connectivity index (χ1v) is 10.3. The van der Waals surface area contributed by atoms with Crippen LogP contribution in [0.5, 0.6) is 5.75 Å². The van der Waals surface area contributed by atoms with Crippen molar-refractivity contribution in [2.24, 2.45) is 0 Å². The van der Waals surface area contributed by atoms with Gasteiger partial charge in [0, 0.05) is 22.3 Å². The summed E-state index contributed by atoms with van der Waals surface area (Å²) in [6.07, 6.45) is 0.877. The molecule has 3 rings (SSSR count).